The molecule has 0 aliphatic rings. The Hall–Kier alpha value is -1.90. The molecule has 0 atom stereocenters. The van der Waals surface area contributed by atoms with Crippen LogP contribution in [0.5, 0.6) is 5.75 Å². The molecular formula is C15H18N2O. The molecule has 1 aromatic carbocycles. The molecule has 2 rings (SSSR count). The molecule has 1 heterocycles. The molecule has 0 radical (unpaired) electrons. The van der Waals surface area contributed by atoms with Gasteiger partial charge in [0, 0.05) is 18.0 Å². The minimum atomic E-state index is 0.182. The van der Waals surface area contributed by atoms with Crippen LogP contribution in [0.15, 0.2) is 30.6 Å². The van der Waals surface area contributed by atoms with Crippen LogP contribution in [0.4, 0.5) is 0 Å². The Morgan fingerprint density at radius 3 is 2.28 bits per heavy atom. The lowest BCUT2D eigenvalue weighted by Crippen LogP contribution is -2.07. The fraction of sp³-hybridized carbons (Fsp3) is 0.333. The first kappa shape index (κ1) is 12.6. The molecule has 0 fully saturated rings. The van der Waals surface area contributed by atoms with Crippen LogP contribution in [0.3, 0.4) is 0 Å². The Labute approximate surface area is 108 Å². The predicted molar refractivity (Wildman–Crippen MR) is 72.7 cm³/mol. The third-order valence-corrected chi connectivity index (χ3v) is 2.69. The summed E-state index contributed by atoms with van der Waals surface area (Å²) >= 11 is 0. The van der Waals surface area contributed by atoms with Gasteiger partial charge in [-0.15, -0.1) is 0 Å². The average Bonchev–Trinajstić information content (AvgIpc) is 2.34. The summed E-state index contributed by atoms with van der Waals surface area (Å²) in [5.74, 6) is 1.69. The molecular weight excluding hydrogens is 224 g/mol. The van der Waals surface area contributed by atoms with Crippen LogP contribution in [0.1, 0.15) is 25.0 Å². The molecule has 2 aromatic rings. The predicted octanol–water partition coefficient (Wildman–Crippen LogP) is 3.55. The summed E-state index contributed by atoms with van der Waals surface area (Å²) in [5, 5.41) is 0. The van der Waals surface area contributed by atoms with Gasteiger partial charge in [-0.25, -0.2) is 9.97 Å². The second-order valence-electron chi connectivity index (χ2n) is 4.67. The van der Waals surface area contributed by atoms with Gasteiger partial charge in [0.05, 0.1) is 6.10 Å². The SMILES string of the molecule is Cc1cc(-c2ncccn2)c(C)cc1OC(C)C. The first-order chi connectivity index (χ1) is 8.58. The van der Waals surface area contributed by atoms with E-state index in [0.29, 0.717) is 0 Å². The van der Waals surface area contributed by atoms with Crippen LogP contribution in [0.25, 0.3) is 11.4 Å². The van der Waals surface area contributed by atoms with Crippen LogP contribution in [0.2, 0.25) is 0 Å². The van der Waals surface area contributed by atoms with E-state index in [9.17, 15) is 0 Å². The van der Waals surface area contributed by atoms with Gasteiger partial charge >= 0.3 is 0 Å². The van der Waals surface area contributed by atoms with Gasteiger partial charge in [-0.3, -0.25) is 0 Å². The molecule has 3 heteroatoms. The summed E-state index contributed by atoms with van der Waals surface area (Å²) in [7, 11) is 0. The van der Waals surface area contributed by atoms with Crippen LogP contribution in [0, 0.1) is 13.8 Å². The van der Waals surface area contributed by atoms with Crippen LogP contribution in [-0.4, -0.2) is 16.1 Å². The molecule has 0 aliphatic heterocycles. The van der Waals surface area contributed by atoms with Crippen molar-refractivity contribution >= 4 is 0 Å². The largest absolute Gasteiger partial charge is 0.491 e. The number of aromatic nitrogens is 2. The lowest BCUT2D eigenvalue weighted by Gasteiger charge is -2.15. The van der Waals surface area contributed by atoms with Crippen LogP contribution >= 0.6 is 0 Å². The standard InChI is InChI=1S/C15H18N2O/c1-10(2)18-14-9-11(3)13(8-12(14)4)15-16-6-5-7-17-15/h5-10H,1-4H3. The highest BCUT2D eigenvalue weighted by atomic mass is 16.5. The van der Waals surface area contributed by atoms with Crippen molar-refractivity contribution in [3.63, 3.8) is 0 Å². The topological polar surface area (TPSA) is 35.0 Å². The molecule has 0 saturated heterocycles. The summed E-state index contributed by atoms with van der Waals surface area (Å²) in [6, 6.07) is 5.96. The zero-order valence-corrected chi connectivity index (χ0v) is 11.3. The Balaban J connectivity index is 2.43. The van der Waals surface area contributed by atoms with Crippen molar-refractivity contribution in [2.24, 2.45) is 0 Å². The number of rotatable bonds is 3. The fourth-order valence-electron chi connectivity index (χ4n) is 1.85. The van der Waals surface area contributed by atoms with E-state index in [4.69, 9.17) is 4.74 Å². The first-order valence-corrected chi connectivity index (χ1v) is 6.13. The van der Waals surface area contributed by atoms with E-state index in [0.717, 1.165) is 28.3 Å². The van der Waals surface area contributed by atoms with Crippen molar-refractivity contribution in [1.82, 2.24) is 9.97 Å². The van der Waals surface area contributed by atoms with Gasteiger partial charge in [-0.1, -0.05) is 0 Å². The molecule has 1 aromatic heterocycles. The molecule has 0 bridgehead atoms. The monoisotopic (exact) mass is 242 g/mol. The third kappa shape index (κ3) is 2.67. The van der Waals surface area contributed by atoms with Gasteiger partial charge in [-0.2, -0.15) is 0 Å². The first-order valence-electron chi connectivity index (χ1n) is 6.13. The van der Waals surface area contributed by atoms with Gasteiger partial charge in [-0.05, 0) is 57.0 Å². The Morgan fingerprint density at radius 1 is 1.00 bits per heavy atom. The molecule has 0 unspecified atom stereocenters. The van der Waals surface area contributed by atoms with Crippen molar-refractivity contribution in [2.75, 3.05) is 0 Å². The molecule has 0 saturated carbocycles. The fourth-order valence-corrected chi connectivity index (χ4v) is 1.85. The summed E-state index contributed by atoms with van der Waals surface area (Å²) in [6.07, 6.45) is 3.70. The number of aryl methyl sites for hydroxylation is 2. The van der Waals surface area contributed by atoms with Gasteiger partial charge in [0.1, 0.15) is 5.75 Å². The number of hydrogen-bond acceptors (Lipinski definition) is 3. The Morgan fingerprint density at radius 2 is 1.67 bits per heavy atom. The van der Waals surface area contributed by atoms with Crippen molar-refractivity contribution < 1.29 is 4.74 Å². The minimum Gasteiger partial charge on any atom is -0.491 e. The van der Waals surface area contributed by atoms with Gasteiger partial charge in [0.25, 0.3) is 0 Å². The number of nitrogens with zero attached hydrogens (tertiary/aromatic N) is 2. The molecule has 94 valence electrons. The average molecular weight is 242 g/mol. The van der Waals surface area contributed by atoms with E-state index in [1.54, 1.807) is 12.4 Å². The normalized spacial score (nSPS) is 10.7. The zero-order chi connectivity index (χ0) is 13.1. The number of hydrogen-bond donors (Lipinski definition) is 0. The summed E-state index contributed by atoms with van der Waals surface area (Å²) in [4.78, 5) is 8.58. The molecule has 3 nitrogen and oxygen atoms in total. The van der Waals surface area contributed by atoms with E-state index >= 15 is 0 Å². The quantitative estimate of drug-likeness (QED) is 0.825. The third-order valence-electron chi connectivity index (χ3n) is 2.69. The second kappa shape index (κ2) is 5.17. The maximum atomic E-state index is 5.78. The summed E-state index contributed by atoms with van der Waals surface area (Å²) in [6.45, 7) is 8.16. The van der Waals surface area contributed by atoms with Crippen LogP contribution < -0.4 is 4.74 Å². The highest BCUT2D eigenvalue weighted by molar-refractivity contribution is 5.63. The second-order valence-corrected chi connectivity index (χ2v) is 4.67. The van der Waals surface area contributed by atoms with Crippen molar-refractivity contribution in [1.29, 1.82) is 0 Å². The van der Waals surface area contributed by atoms with E-state index in [1.165, 1.54) is 0 Å². The lowest BCUT2D eigenvalue weighted by atomic mass is 10.0. The number of ether oxygens (including phenoxy) is 1. The minimum absolute atomic E-state index is 0.182. The summed E-state index contributed by atoms with van der Waals surface area (Å²) in [5.41, 5.74) is 3.29. The molecule has 0 spiro atoms. The van der Waals surface area contributed by atoms with Gasteiger partial charge in [0.15, 0.2) is 5.82 Å². The van der Waals surface area contributed by atoms with Crippen LogP contribution in [-0.2, 0) is 0 Å². The highest BCUT2D eigenvalue weighted by Crippen LogP contribution is 2.28. The smallest absolute Gasteiger partial charge is 0.159 e. The molecule has 0 aliphatic carbocycles. The van der Waals surface area contributed by atoms with Crippen molar-refractivity contribution in [3.05, 3.63) is 41.7 Å². The van der Waals surface area contributed by atoms with Crippen molar-refractivity contribution in [2.45, 2.75) is 33.8 Å². The van der Waals surface area contributed by atoms with Gasteiger partial charge in [0.2, 0.25) is 0 Å². The summed E-state index contributed by atoms with van der Waals surface area (Å²) < 4.78 is 5.78. The van der Waals surface area contributed by atoms with E-state index in [-0.39, 0.29) is 6.10 Å². The molecule has 18 heavy (non-hydrogen) atoms. The molecule has 0 N–H and O–H groups in total. The molecule has 0 amide bonds. The maximum absolute atomic E-state index is 5.78. The van der Waals surface area contributed by atoms with Crippen molar-refractivity contribution in [3.8, 4) is 17.1 Å². The lowest BCUT2D eigenvalue weighted by molar-refractivity contribution is 0.240. The maximum Gasteiger partial charge on any atom is 0.159 e. The zero-order valence-electron chi connectivity index (χ0n) is 11.3. The Kier molecular flexibility index (Phi) is 3.60. The van der Waals surface area contributed by atoms with Gasteiger partial charge < -0.3 is 4.74 Å². The van der Waals surface area contributed by atoms with E-state index in [2.05, 4.69) is 29.0 Å². The Bertz CT molecular complexity index is 536. The number of benzene rings is 1. The highest BCUT2D eigenvalue weighted by Gasteiger charge is 2.10. The van der Waals surface area contributed by atoms with E-state index < -0.39 is 0 Å². The van der Waals surface area contributed by atoms with E-state index in [1.807, 2.05) is 26.8 Å².